The summed E-state index contributed by atoms with van der Waals surface area (Å²) >= 11 is 0. The van der Waals surface area contributed by atoms with Gasteiger partial charge in [-0.15, -0.1) is 0 Å². The molecule has 2 aliphatic rings. The van der Waals surface area contributed by atoms with Gasteiger partial charge >= 0.3 is 0 Å². The normalized spacial score (nSPS) is 34.7. The number of hydrogen-bond donors (Lipinski definition) is 2. The molecule has 0 aromatic rings. The molecule has 1 heterocycles. The first-order valence-electron chi connectivity index (χ1n) is 5.82. The molecule has 2 atom stereocenters. The number of amidine groups is 1. The van der Waals surface area contributed by atoms with E-state index in [1.165, 1.54) is 0 Å². The molecule has 1 saturated carbocycles. The van der Waals surface area contributed by atoms with Gasteiger partial charge in [0.2, 0.25) is 0 Å². The van der Waals surface area contributed by atoms with E-state index in [-0.39, 0.29) is 11.9 Å². The zero-order chi connectivity index (χ0) is 10.9. The first-order chi connectivity index (χ1) is 7.16. The molecule has 1 amide bonds. The van der Waals surface area contributed by atoms with Crippen molar-refractivity contribution in [1.29, 1.82) is 0 Å². The van der Waals surface area contributed by atoms with E-state index in [0.717, 1.165) is 37.9 Å². The first kappa shape index (κ1) is 10.6. The zero-order valence-corrected chi connectivity index (χ0v) is 9.25. The fourth-order valence-corrected chi connectivity index (χ4v) is 2.42. The van der Waals surface area contributed by atoms with Crippen LogP contribution in [-0.2, 0) is 4.79 Å². The Kier molecular flexibility index (Phi) is 2.78. The third kappa shape index (κ3) is 1.91. The summed E-state index contributed by atoms with van der Waals surface area (Å²) in [5.41, 5.74) is 5.35. The number of hydrogen-bond acceptors (Lipinski definition) is 3. The second-order valence-corrected chi connectivity index (χ2v) is 4.65. The van der Waals surface area contributed by atoms with Crippen molar-refractivity contribution in [2.45, 2.75) is 57.0 Å². The van der Waals surface area contributed by atoms with E-state index in [2.05, 4.69) is 17.2 Å². The number of carbonyl (C=O) groups excluding carboxylic acids is 1. The van der Waals surface area contributed by atoms with Crippen molar-refractivity contribution in [3.63, 3.8) is 0 Å². The van der Waals surface area contributed by atoms with Crippen molar-refractivity contribution in [3.8, 4) is 0 Å². The molecule has 2 unspecified atom stereocenters. The number of carbonyl (C=O) groups is 1. The molecule has 3 N–H and O–H groups in total. The van der Waals surface area contributed by atoms with Gasteiger partial charge in [-0.1, -0.05) is 13.3 Å². The highest BCUT2D eigenvalue weighted by Crippen LogP contribution is 2.35. The highest BCUT2D eigenvalue weighted by molar-refractivity contribution is 6.08. The van der Waals surface area contributed by atoms with Crippen LogP contribution in [0.5, 0.6) is 0 Å². The lowest BCUT2D eigenvalue weighted by molar-refractivity contribution is -0.123. The van der Waals surface area contributed by atoms with Gasteiger partial charge in [-0.3, -0.25) is 9.79 Å². The van der Waals surface area contributed by atoms with Crippen LogP contribution in [0, 0.1) is 0 Å². The van der Waals surface area contributed by atoms with Crippen molar-refractivity contribution in [2.75, 3.05) is 0 Å². The van der Waals surface area contributed by atoms with Crippen molar-refractivity contribution >= 4 is 11.7 Å². The Balaban J connectivity index is 2.06. The average Bonchev–Trinajstić information content (AvgIpc) is 2.70. The van der Waals surface area contributed by atoms with E-state index in [1.54, 1.807) is 0 Å². The van der Waals surface area contributed by atoms with Gasteiger partial charge in [0, 0.05) is 12.5 Å². The summed E-state index contributed by atoms with van der Waals surface area (Å²) in [5.74, 6) is 0.942. The minimum atomic E-state index is -0.498. The minimum absolute atomic E-state index is 0.0709. The Bertz CT molecular complexity index is 300. The van der Waals surface area contributed by atoms with Crippen LogP contribution in [0.25, 0.3) is 0 Å². The quantitative estimate of drug-likeness (QED) is 0.726. The van der Waals surface area contributed by atoms with E-state index in [9.17, 15) is 4.79 Å². The Hall–Kier alpha value is -0.900. The molecule has 0 saturated heterocycles. The first-order valence-corrected chi connectivity index (χ1v) is 5.82. The zero-order valence-electron chi connectivity index (χ0n) is 9.25. The van der Waals surface area contributed by atoms with Gasteiger partial charge in [0.05, 0.1) is 0 Å². The summed E-state index contributed by atoms with van der Waals surface area (Å²) in [6, 6.07) is 0.144. The third-order valence-corrected chi connectivity index (χ3v) is 3.33. The highest BCUT2D eigenvalue weighted by Gasteiger charge is 2.47. The van der Waals surface area contributed by atoms with Crippen LogP contribution >= 0.6 is 0 Å². The van der Waals surface area contributed by atoms with Gasteiger partial charge in [0.1, 0.15) is 11.4 Å². The molecule has 0 aromatic carbocycles. The van der Waals surface area contributed by atoms with Crippen LogP contribution in [0.15, 0.2) is 4.99 Å². The molecule has 2 rings (SSSR count). The summed E-state index contributed by atoms with van der Waals surface area (Å²) in [6.45, 7) is 2.14. The molecule has 1 fully saturated rings. The molecular weight excluding hydrogens is 190 g/mol. The summed E-state index contributed by atoms with van der Waals surface area (Å²) in [4.78, 5) is 16.4. The van der Waals surface area contributed by atoms with Crippen LogP contribution in [0.2, 0.25) is 0 Å². The van der Waals surface area contributed by atoms with Crippen molar-refractivity contribution in [3.05, 3.63) is 0 Å². The van der Waals surface area contributed by atoms with Crippen LogP contribution in [0.4, 0.5) is 0 Å². The molecular formula is C11H19N3O. The average molecular weight is 209 g/mol. The van der Waals surface area contributed by atoms with Crippen LogP contribution in [-0.4, -0.2) is 23.3 Å². The number of nitrogens with one attached hydrogen (secondary N) is 1. The van der Waals surface area contributed by atoms with Crippen LogP contribution in [0.1, 0.15) is 45.4 Å². The monoisotopic (exact) mass is 209 g/mol. The Morgan fingerprint density at radius 2 is 2.47 bits per heavy atom. The molecule has 15 heavy (non-hydrogen) atoms. The van der Waals surface area contributed by atoms with Crippen LogP contribution in [0.3, 0.4) is 0 Å². The Morgan fingerprint density at radius 3 is 3.07 bits per heavy atom. The summed E-state index contributed by atoms with van der Waals surface area (Å²) in [6.07, 6.45) is 5.55. The fraction of sp³-hybridized carbons (Fsp3) is 0.818. The summed E-state index contributed by atoms with van der Waals surface area (Å²) in [5, 5.41) is 2.90. The second kappa shape index (κ2) is 3.93. The number of rotatable bonds is 3. The van der Waals surface area contributed by atoms with Crippen LogP contribution < -0.4 is 11.1 Å². The van der Waals surface area contributed by atoms with Crippen molar-refractivity contribution in [1.82, 2.24) is 5.32 Å². The summed E-state index contributed by atoms with van der Waals surface area (Å²) < 4.78 is 0. The molecule has 0 bridgehead atoms. The Morgan fingerprint density at radius 1 is 1.67 bits per heavy atom. The molecule has 4 nitrogen and oxygen atoms in total. The lowest BCUT2D eigenvalue weighted by atomic mass is 9.98. The lowest BCUT2D eigenvalue weighted by Gasteiger charge is -2.15. The predicted molar refractivity (Wildman–Crippen MR) is 59.7 cm³/mol. The maximum absolute atomic E-state index is 11.8. The number of unbranched alkanes of at least 4 members (excludes halogenated alkanes) is 1. The van der Waals surface area contributed by atoms with E-state index in [4.69, 9.17) is 5.73 Å². The number of nitrogens with two attached hydrogens (primary N) is 1. The van der Waals surface area contributed by atoms with E-state index < -0.39 is 5.54 Å². The van der Waals surface area contributed by atoms with Gasteiger partial charge in [0.25, 0.3) is 5.91 Å². The van der Waals surface area contributed by atoms with Gasteiger partial charge in [-0.05, 0) is 25.7 Å². The van der Waals surface area contributed by atoms with E-state index in [1.807, 2.05) is 0 Å². The number of aliphatic imine (C=N–C) groups is 1. The van der Waals surface area contributed by atoms with E-state index in [0.29, 0.717) is 6.42 Å². The molecule has 0 aromatic heterocycles. The fourth-order valence-electron chi connectivity index (χ4n) is 2.42. The van der Waals surface area contributed by atoms with Crippen molar-refractivity contribution < 1.29 is 4.79 Å². The minimum Gasteiger partial charge on any atom is -0.328 e. The molecule has 1 aliphatic carbocycles. The highest BCUT2D eigenvalue weighted by atomic mass is 16.2. The van der Waals surface area contributed by atoms with Crippen molar-refractivity contribution in [2.24, 2.45) is 10.7 Å². The van der Waals surface area contributed by atoms with Gasteiger partial charge in [-0.2, -0.15) is 0 Å². The van der Waals surface area contributed by atoms with E-state index >= 15 is 0 Å². The molecule has 84 valence electrons. The SMILES string of the molecule is CCCCC1=NC2(CCC(N)C2)C(=O)N1. The Labute approximate surface area is 90.3 Å². The summed E-state index contributed by atoms with van der Waals surface area (Å²) in [7, 11) is 0. The van der Waals surface area contributed by atoms with Gasteiger partial charge in [0.15, 0.2) is 0 Å². The number of amides is 1. The second-order valence-electron chi connectivity index (χ2n) is 4.65. The third-order valence-electron chi connectivity index (χ3n) is 3.33. The van der Waals surface area contributed by atoms with Gasteiger partial charge < -0.3 is 11.1 Å². The lowest BCUT2D eigenvalue weighted by Crippen LogP contribution is -2.38. The largest absolute Gasteiger partial charge is 0.328 e. The topological polar surface area (TPSA) is 67.5 Å². The maximum Gasteiger partial charge on any atom is 0.253 e. The molecule has 4 heteroatoms. The smallest absolute Gasteiger partial charge is 0.253 e. The maximum atomic E-state index is 11.8. The standard InChI is InChI=1S/C11H19N3O/c1-2-3-4-9-13-10(15)11(14-9)6-5-8(12)7-11/h8H,2-7,12H2,1H3,(H,13,14,15). The number of nitrogens with zero attached hydrogens (tertiary/aromatic N) is 1. The predicted octanol–water partition coefficient (Wildman–Crippen LogP) is 0.955. The van der Waals surface area contributed by atoms with Gasteiger partial charge in [-0.25, -0.2) is 0 Å². The molecule has 1 spiro atoms. The molecule has 1 aliphatic heterocycles. The molecule has 0 radical (unpaired) electrons.